The maximum atomic E-state index is 12.6. The van der Waals surface area contributed by atoms with Crippen molar-refractivity contribution in [2.24, 2.45) is 0 Å². The largest absolute Gasteiger partial charge is 0.361 e. The number of carbonyl (C=O) groups excluding carboxylic acids is 1. The van der Waals surface area contributed by atoms with Crippen molar-refractivity contribution in [3.05, 3.63) is 47.6 Å². The predicted molar refractivity (Wildman–Crippen MR) is 76.5 cm³/mol. The van der Waals surface area contributed by atoms with Gasteiger partial charge in [0.1, 0.15) is 5.76 Å². The molecule has 1 saturated heterocycles. The molecule has 1 aliphatic rings. The van der Waals surface area contributed by atoms with Crippen LogP contribution in [0.2, 0.25) is 0 Å². The normalized spacial score (nSPS) is 18.7. The van der Waals surface area contributed by atoms with Crippen molar-refractivity contribution in [3.8, 4) is 0 Å². The Labute approximate surface area is 123 Å². The first-order chi connectivity index (χ1) is 10.2. The molecule has 1 atom stereocenters. The van der Waals surface area contributed by atoms with Crippen LogP contribution < -0.4 is 5.32 Å². The Morgan fingerprint density at radius 1 is 1.48 bits per heavy atom. The van der Waals surface area contributed by atoms with Crippen molar-refractivity contribution in [3.63, 3.8) is 0 Å². The summed E-state index contributed by atoms with van der Waals surface area (Å²) < 4.78 is 5.02. The lowest BCUT2D eigenvalue weighted by atomic mass is 10.0. The minimum Gasteiger partial charge on any atom is -0.361 e. The number of pyridine rings is 1. The lowest BCUT2D eigenvalue weighted by Crippen LogP contribution is -2.49. The summed E-state index contributed by atoms with van der Waals surface area (Å²) in [6, 6.07) is 5.76. The van der Waals surface area contributed by atoms with E-state index in [1.54, 1.807) is 12.4 Å². The molecule has 0 aromatic carbocycles. The van der Waals surface area contributed by atoms with Crippen molar-refractivity contribution >= 4 is 5.91 Å². The molecule has 6 heteroatoms. The zero-order valence-corrected chi connectivity index (χ0v) is 12.0. The van der Waals surface area contributed by atoms with Gasteiger partial charge >= 0.3 is 0 Å². The molecule has 21 heavy (non-hydrogen) atoms. The second kappa shape index (κ2) is 6.05. The van der Waals surface area contributed by atoms with E-state index >= 15 is 0 Å². The van der Waals surface area contributed by atoms with Crippen molar-refractivity contribution in [2.45, 2.75) is 19.4 Å². The summed E-state index contributed by atoms with van der Waals surface area (Å²) in [5.41, 5.74) is 1.78. The molecule has 0 saturated carbocycles. The second-order valence-electron chi connectivity index (χ2n) is 5.19. The molecule has 6 nitrogen and oxygen atoms in total. The van der Waals surface area contributed by atoms with Gasteiger partial charge in [-0.2, -0.15) is 0 Å². The van der Waals surface area contributed by atoms with Gasteiger partial charge < -0.3 is 14.7 Å². The molecular formula is C15H18N4O2. The molecule has 2 aromatic rings. The van der Waals surface area contributed by atoms with E-state index in [0.29, 0.717) is 12.2 Å². The average molecular weight is 286 g/mol. The van der Waals surface area contributed by atoms with Crippen LogP contribution in [-0.4, -0.2) is 40.6 Å². The molecule has 0 unspecified atom stereocenters. The third-order valence-corrected chi connectivity index (χ3v) is 3.66. The quantitative estimate of drug-likeness (QED) is 0.914. The highest BCUT2D eigenvalue weighted by Gasteiger charge is 2.28. The highest BCUT2D eigenvalue weighted by Crippen LogP contribution is 2.22. The maximum Gasteiger partial charge on any atom is 0.229 e. The highest BCUT2D eigenvalue weighted by atomic mass is 16.5. The molecule has 0 spiro atoms. The van der Waals surface area contributed by atoms with Crippen LogP contribution in [0.15, 0.2) is 35.1 Å². The van der Waals surface area contributed by atoms with Gasteiger partial charge in [0.15, 0.2) is 0 Å². The molecule has 1 aliphatic heterocycles. The fourth-order valence-corrected chi connectivity index (χ4v) is 2.64. The molecule has 0 radical (unpaired) electrons. The molecule has 0 bridgehead atoms. The molecule has 3 heterocycles. The van der Waals surface area contributed by atoms with Gasteiger partial charge in [-0.05, 0) is 24.6 Å². The first kappa shape index (κ1) is 13.8. The molecule has 3 rings (SSSR count). The molecule has 110 valence electrons. The van der Waals surface area contributed by atoms with Crippen LogP contribution in [0.5, 0.6) is 0 Å². The summed E-state index contributed by atoms with van der Waals surface area (Å²) in [5.74, 6) is 0.801. The van der Waals surface area contributed by atoms with Gasteiger partial charge in [-0.3, -0.25) is 9.78 Å². The van der Waals surface area contributed by atoms with Gasteiger partial charge in [0.2, 0.25) is 5.91 Å². The number of hydrogen-bond donors (Lipinski definition) is 1. The Morgan fingerprint density at radius 3 is 3.00 bits per heavy atom. The van der Waals surface area contributed by atoms with Gasteiger partial charge in [0.25, 0.3) is 0 Å². The second-order valence-corrected chi connectivity index (χ2v) is 5.19. The number of nitrogens with one attached hydrogen (secondary N) is 1. The Morgan fingerprint density at radius 2 is 2.29 bits per heavy atom. The van der Waals surface area contributed by atoms with Crippen molar-refractivity contribution in [1.82, 2.24) is 20.4 Å². The standard InChI is InChI=1S/C15H18N4O2/c1-11-8-13(18-21-11)9-15(20)19-7-6-17-10-14(19)12-2-4-16-5-3-12/h2-5,8,14,17H,6-7,9-10H2,1H3/t14-/m0/s1. The van der Waals surface area contributed by atoms with E-state index in [1.165, 1.54) is 0 Å². The summed E-state index contributed by atoms with van der Waals surface area (Å²) in [5, 5.41) is 7.24. The van der Waals surface area contributed by atoms with Crippen LogP contribution in [0.3, 0.4) is 0 Å². The molecule has 2 aromatic heterocycles. The van der Waals surface area contributed by atoms with Crippen molar-refractivity contribution < 1.29 is 9.32 Å². The van der Waals surface area contributed by atoms with E-state index in [9.17, 15) is 4.79 Å². The molecule has 1 N–H and O–H groups in total. The highest BCUT2D eigenvalue weighted by molar-refractivity contribution is 5.79. The SMILES string of the molecule is Cc1cc(CC(=O)N2CCNC[C@H]2c2ccncc2)no1. The smallest absolute Gasteiger partial charge is 0.229 e. The van der Waals surface area contributed by atoms with Crippen molar-refractivity contribution in [2.75, 3.05) is 19.6 Å². The van der Waals surface area contributed by atoms with E-state index in [2.05, 4.69) is 15.5 Å². The first-order valence-electron chi connectivity index (χ1n) is 7.06. The van der Waals surface area contributed by atoms with E-state index < -0.39 is 0 Å². The number of rotatable bonds is 3. The van der Waals surface area contributed by atoms with E-state index in [1.807, 2.05) is 30.0 Å². The summed E-state index contributed by atoms with van der Waals surface area (Å²) in [6.45, 7) is 4.09. The Kier molecular flexibility index (Phi) is 3.96. The van der Waals surface area contributed by atoms with Gasteiger partial charge in [0.05, 0.1) is 18.2 Å². The van der Waals surface area contributed by atoms with Crippen LogP contribution in [0.4, 0.5) is 0 Å². The lowest BCUT2D eigenvalue weighted by Gasteiger charge is -2.36. The number of hydrogen-bond acceptors (Lipinski definition) is 5. The van der Waals surface area contributed by atoms with Crippen LogP contribution in [0.25, 0.3) is 0 Å². The number of nitrogens with zero attached hydrogens (tertiary/aromatic N) is 3. The Bertz CT molecular complexity index is 611. The van der Waals surface area contributed by atoms with Crippen LogP contribution in [0, 0.1) is 6.92 Å². The van der Waals surface area contributed by atoms with Gasteiger partial charge in [-0.15, -0.1) is 0 Å². The number of aryl methyl sites for hydroxylation is 1. The summed E-state index contributed by atoms with van der Waals surface area (Å²) in [4.78, 5) is 18.5. The summed E-state index contributed by atoms with van der Waals surface area (Å²) in [7, 11) is 0. The topological polar surface area (TPSA) is 71.3 Å². The number of piperazine rings is 1. The molecule has 1 amide bonds. The molecular weight excluding hydrogens is 268 g/mol. The van der Waals surface area contributed by atoms with Gasteiger partial charge in [0, 0.05) is 38.1 Å². The van der Waals surface area contributed by atoms with E-state index in [0.717, 1.165) is 24.4 Å². The van der Waals surface area contributed by atoms with Crippen LogP contribution in [-0.2, 0) is 11.2 Å². The van der Waals surface area contributed by atoms with Gasteiger partial charge in [-0.1, -0.05) is 5.16 Å². The number of carbonyl (C=O) groups is 1. The first-order valence-corrected chi connectivity index (χ1v) is 7.06. The summed E-state index contributed by atoms with van der Waals surface area (Å²) in [6.07, 6.45) is 3.79. The molecule has 0 aliphatic carbocycles. The number of aromatic nitrogens is 2. The third-order valence-electron chi connectivity index (χ3n) is 3.66. The van der Waals surface area contributed by atoms with E-state index in [-0.39, 0.29) is 18.4 Å². The minimum absolute atomic E-state index is 0.0437. The average Bonchev–Trinajstić information content (AvgIpc) is 2.93. The van der Waals surface area contributed by atoms with Crippen LogP contribution >= 0.6 is 0 Å². The monoisotopic (exact) mass is 286 g/mol. The maximum absolute atomic E-state index is 12.6. The molecule has 1 fully saturated rings. The number of amides is 1. The minimum atomic E-state index is 0.0437. The zero-order chi connectivity index (χ0) is 14.7. The lowest BCUT2D eigenvalue weighted by molar-refractivity contribution is -0.133. The fraction of sp³-hybridized carbons (Fsp3) is 0.400. The van der Waals surface area contributed by atoms with E-state index in [4.69, 9.17) is 4.52 Å². The fourth-order valence-electron chi connectivity index (χ4n) is 2.64. The Balaban J connectivity index is 1.76. The van der Waals surface area contributed by atoms with Gasteiger partial charge in [-0.25, -0.2) is 0 Å². The Hall–Kier alpha value is -2.21. The van der Waals surface area contributed by atoms with Crippen LogP contribution in [0.1, 0.15) is 23.1 Å². The van der Waals surface area contributed by atoms with Crippen molar-refractivity contribution in [1.29, 1.82) is 0 Å². The third kappa shape index (κ3) is 3.11. The summed E-state index contributed by atoms with van der Waals surface area (Å²) >= 11 is 0. The zero-order valence-electron chi connectivity index (χ0n) is 12.0. The predicted octanol–water partition coefficient (Wildman–Crippen LogP) is 1.09.